The summed E-state index contributed by atoms with van der Waals surface area (Å²) in [7, 11) is 1.33. The average molecular weight is 398 g/mol. The number of hydrogen-bond acceptors (Lipinski definition) is 5. The molecule has 2 aliphatic rings. The van der Waals surface area contributed by atoms with Crippen LogP contribution in [-0.2, 0) is 32.2 Å². The molecule has 0 unspecified atom stereocenters. The number of nitrogens with zero attached hydrogens (tertiary/aromatic N) is 2. The van der Waals surface area contributed by atoms with Gasteiger partial charge in [-0.15, -0.1) is 0 Å². The van der Waals surface area contributed by atoms with Crippen molar-refractivity contribution < 1.29 is 19.1 Å². The van der Waals surface area contributed by atoms with E-state index in [1.165, 1.54) is 7.11 Å². The first-order valence-electron chi connectivity index (χ1n) is 10.00. The van der Waals surface area contributed by atoms with Crippen molar-refractivity contribution in [2.24, 2.45) is 0 Å². The lowest BCUT2D eigenvalue weighted by Gasteiger charge is -2.34. The zero-order chi connectivity index (χ0) is 20.4. The number of hydrogen-bond donors (Lipinski definition) is 2. The number of rotatable bonds is 7. The molecule has 1 atom stereocenters. The van der Waals surface area contributed by atoms with E-state index in [2.05, 4.69) is 10.6 Å². The summed E-state index contributed by atoms with van der Waals surface area (Å²) in [5.41, 5.74) is 2.02. The molecule has 0 spiro atoms. The normalized spacial score (nSPS) is 19.8. The van der Waals surface area contributed by atoms with Crippen molar-refractivity contribution in [2.45, 2.75) is 44.4 Å². The number of carbonyl (C=O) groups excluding carboxylic acids is 3. The van der Waals surface area contributed by atoms with Crippen molar-refractivity contribution in [1.29, 1.82) is 0 Å². The van der Waals surface area contributed by atoms with Gasteiger partial charge in [-0.1, -0.05) is 18.2 Å². The second-order valence-corrected chi connectivity index (χ2v) is 7.70. The molecule has 8 nitrogen and oxygen atoms in total. The number of nitrogens with one attached hydrogen (secondary N) is 2. The third-order valence-electron chi connectivity index (χ3n) is 5.53. The molecule has 1 saturated heterocycles. The molecule has 2 heterocycles. The number of methoxy groups -OCH3 is 1. The van der Waals surface area contributed by atoms with Crippen LogP contribution < -0.4 is 10.6 Å². The molecule has 1 saturated carbocycles. The number of ether oxygens (including phenoxy) is 1. The van der Waals surface area contributed by atoms with Crippen molar-refractivity contribution >= 4 is 28.7 Å². The van der Waals surface area contributed by atoms with Gasteiger partial charge in [0, 0.05) is 42.8 Å². The largest absolute Gasteiger partial charge is 0.469 e. The second-order valence-electron chi connectivity index (χ2n) is 7.70. The average Bonchev–Trinajstić information content (AvgIpc) is 3.46. The Kier molecular flexibility index (Phi) is 5.53. The highest BCUT2D eigenvalue weighted by molar-refractivity contribution is 5.88. The molecule has 1 aromatic heterocycles. The van der Waals surface area contributed by atoms with Gasteiger partial charge in [0.2, 0.25) is 11.8 Å². The zero-order valence-corrected chi connectivity index (χ0v) is 16.5. The fourth-order valence-corrected chi connectivity index (χ4v) is 3.87. The molecule has 0 bridgehead atoms. The highest BCUT2D eigenvalue weighted by Gasteiger charge is 2.32. The second kappa shape index (κ2) is 8.24. The number of amides is 2. The van der Waals surface area contributed by atoms with E-state index in [0.717, 1.165) is 29.3 Å². The fourth-order valence-electron chi connectivity index (χ4n) is 3.87. The van der Waals surface area contributed by atoms with Crippen molar-refractivity contribution in [3.63, 3.8) is 0 Å². The summed E-state index contributed by atoms with van der Waals surface area (Å²) in [6, 6.07) is 7.72. The molecule has 154 valence electrons. The Morgan fingerprint density at radius 2 is 2.07 bits per heavy atom. The molecule has 1 aromatic carbocycles. The first kappa shape index (κ1) is 19.4. The van der Waals surface area contributed by atoms with Crippen LogP contribution in [0, 0.1) is 0 Å². The van der Waals surface area contributed by atoms with Gasteiger partial charge >= 0.3 is 5.97 Å². The molecule has 0 radical (unpaired) electrons. The maximum absolute atomic E-state index is 12.4. The molecule has 2 N–H and O–H groups in total. The molecule has 1 aliphatic heterocycles. The van der Waals surface area contributed by atoms with Gasteiger partial charge in [0.25, 0.3) is 0 Å². The smallest absolute Gasteiger partial charge is 0.307 e. The minimum Gasteiger partial charge on any atom is -0.469 e. The van der Waals surface area contributed by atoms with E-state index in [-0.39, 0.29) is 24.8 Å². The highest BCUT2D eigenvalue weighted by Crippen LogP contribution is 2.25. The lowest BCUT2D eigenvalue weighted by molar-refractivity contribution is -0.146. The van der Waals surface area contributed by atoms with Gasteiger partial charge in [-0.05, 0) is 24.5 Å². The molecule has 2 amide bonds. The third-order valence-corrected chi connectivity index (χ3v) is 5.53. The minimum absolute atomic E-state index is 0.0146. The van der Waals surface area contributed by atoms with Gasteiger partial charge in [-0.25, -0.2) is 0 Å². The summed E-state index contributed by atoms with van der Waals surface area (Å²) in [6.45, 7) is 1.98. The summed E-state index contributed by atoms with van der Waals surface area (Å²) in [5, 5.41) is 6.90. The van der Waals surface area contributed by atoms with Crippen molar-refractivity contribution in [1.82, 2.24) is 20.1 Å². The first-order valence-corrected chi connectivity index (χ1v) is 10.00. The molecule has 2 aromatic rings. The maximum Gasteiger partial charge on any atom is 0.307 e. The summed E-state index contributed by atoms with van der Waals surface area (Å²) < 4.78 is 6.72. The first-order chi connectivity index (χ1) is 14.0. The Balaban J connectivity index is 1.56. The Morgan fingerprint density at radius 1 is 1.28 bits per heavy atom. The molecule has 4 rings (SSSR count). The van der Waals surface area contributed by atoms with E-state index in [4.69, 9.17) is 4.74 Å². The molecular weight excluding hydrogens is 372 g/mol. The Hall–Kier alpha value is -2.87. The van der Waals surface area contributed by atoms with Crippen LogP contribution in [0.2, 0.25) is 0 Å². The number of aromatic nitrogens is 1. The summed E-state index contributed by atoms with van der Waals surface area (Å²) in [4.78, 5) is 38.4. The van der Waals surface area contributed by atoms with Crippen molar-refractivity contribution in [3.8, 4) is 0 Å². The summed E-state index contributed by atoms with van der Waals surface area (Å²) in [6.07, 6.45) is 4.12. The lowest BCUT2D eigenvalue weighted by Crippen LogP contribution is -2.55. The summed E-state index contributed by atoms with van der Waals surface area (Å²) in [5.74, 6) is -0.550. The van der Waals surface area contributed by atoms with Gasteiger partial charge in [0.1, 0.15) is 12.6 Å². The quantitative estimate of drug-likeness (QED) is 0.673. The number of para-hydroxylation sites is 1. The summed E-state index contributed by atoms with van der Waals surface area (Å²) >= 11 is 0. The fraction of sp³-hybridized carbons (Fsp3) is 0.476. The maximum atomic E-state index is 12.4. The lowest BCUT2D eigenvalue weighted by atomic mass is 10.1. The number of carbonyl (C=O) groups is 3. The topological polar surface area (TPSA) is 92.7 Å². The predicted molar refractivity (Wildman–Crippen MR) is 107 cm³/mol. The van der Waals surface area contributed by atoms with Gasteiger partial charge in [0.05, 0.1) is 13.5 Å². The predicted octanol–water partition coefficient (Wildman–Crippen LogP) is 0.783. The van der Waals surface area contributed by atoms with E-state index in [0.29, 0.717) is 25.7 Å². The van der Waals surface area contributed by atoms with Crippen molar-refractivity contribution in [3.05, 3.63) is 36.0 Å². The molecular formula is C21H26N4O4. The van der Waals surface area contributed by atoms with Crippen LogP contribution in [0.5, 0.6) is 0 Å². The number of piperazine rings is 1. The number of benzene rings is 1. The van der Waals surface area contributed by atoms with Crippen LogP contribution in [-0.4, -0.2) is 59.5 Å². The van der Waals surface area contributed by atoms with Gasteiger partial charge in [0.15, 0.2) is 0 Å². The van der Waals surface area contributed by atoms with Crippen LogP contribution in [0.15, 0.2) is 30.5 Å². The van der Waals surface area contributed by atoms with E-state index in [9.17, 15) is 14.4 Å². The van der Waals surface area contributed by atoms with Gasteiger partial charge in [-0.3, -0.25) is 19.3 Å². The Morgan fingerprint density at radius 3 is 2.83 bits per heavy atom. The van der Waals surface area contributed by atoms with Crippen LogP contribution in [0.3, 0.4) is 0 Å². The molecule has 8 heteroatoms. The van der Waals surface area contributed by atoms with Gasteiger partial charge in [-0.2, -0.15) is 0 Å². The standard InChI is InChI=1S/C21H26N4O4/c1-29-20(27)10-18-21(28)22-8-9-24(18)11-14-12-25(13-19(26)23-15-6-7-15)17-5-3-2-4-16(14)17/h2-5,12,15,18H,6-11,13H2,1H3,(H,22,28)(H,23,26)/t18-/m0/s1. The van der Waals surface area contributed by atoms with E-state index >= 15 is 0 Å². The number of fused-ring (bicyclic) bond motifs is 1. The molecule has 29 heavy (non-hydrogen) atoms. The van der Waals surface area contributed by atoms with E-state index < -0.39 is 12.0 Å². The van der Waals surface area contributed by atoms with Crippen molar-refractivity contribution in [2.75, 3.05) is 20.2 Å². The zero-order valence-electron chi connectivity index (χ0n) is 16.5. The SMILES string of the molecule is COC(=O)C[C@H]1C(=O)NCCN1Cc1cn(CC(=O)NC2CC2)c2ccccc12. The highest BCUT2D eigenvalue weighted by atomic mass is 16.5. The molecule has 2 fully saturated rings. The van der Waals surface area contributed by atoms with Crippen LogP contribution in [0.4, 0.5) is 0 Å². The minimum atomic E-state index is -0.559. The van der Waals surface area contributed by atoms with Crippen LogP contribution in [0.25, 0.3) is 10.9 Å². The third kappa shape index (κ3) is 4.42. The monoisotopic (exact) mass is 398 g/mol. The Bertz CT molecular complexity index is 934. The van der Waals surface area contributed by atoms with Gasteiger partial charge < -0.3 is 19.9 Å². The van der Waals surface area contributed by atoms with Crippen LogP contribution >= 0.6 is 0 Å². The van der Waals surface area contributed by atoms with E-state index in [1.54, 1.807) is 0 Å². The van der Waals surface area contributed by atoms with Crippen LogP contribution in [0.1, 0.15) is 24.8 Å². The van der Waals surface area contributed by atoms with E-state index in [1.807, 2.05) is 39.9 Å². The Labute approximate surface area is 169 Å². The molecule has 1 aliphatic carbocycles. The number of esters is 1.